The molecule has 4 nitrogen and oxygen atoms in total. The molecule has 0 saturated carbocycles. The third-order valence-electron chi connectivity index (χ3n) is 5.76. The van der Waals surface area contributed by atoms with Gasteiger partial charge in [0.25, 0.3) is 0 Å². The van der Waals surface area contributed by atoms with E-state index in [4.69, 9.17) is 0 Å². The fourth-order valence-corrected chi connectivity index (χ4v) is 3.72. The Kier molecular flexibility index (Phi) is 17.7. The fraction of sp³-hybridized carbons (Fsp3) is 1.00. The van der Waals surface area contributed by atoms with E-state index in [1.165, 1.54) is 30.7 Å². The maximum Gasteiger partial charge on any atom is 0.168 e. The first-order chi connectivity index (χ1) is 14.8. The highest BCUT2D eigenvalue weighted by Crippen LogP contribution is 2.26. The molecular weight excluding hydrogens is 467 g/mol. The van der Waals surface area contributed by atoms with Crippen molar-refractivity contribution < 1.29 is 48.2 Å². The smallest absolute Gasteiger partial charge is 0.168 e. The number of nitrogens with zero attached hydrogens (tertiary/aromatic N) is 1. The Hall–Kier alpha value is -0.620. The van der Waals surface area contributed by atoms with Crippen LogP contribution in [0.3, 0.4) is 0 Å². The lowest BCUT2D eigenvalue weighted by Gasteiger charge is -2.34. The Labute approximate surface area is 187 Å². The highest BCUT2D eigenvalue weighted by Gasteiger charge is 2.43. The minimum absolute atomic E-state index is 0.00556. The second kappa shape index (κ2) is 16.9. The van der Waals surface area contributed by atoms with Crippen LogP contribution in [-0.4, -0.2) is 93.1 Å². The van der Waals surface area contributed by atoms with Gasteiger partial charge in [-0.1, -0.05) is 12.8 Å². The monoisotopic (exact) mass is 505 g/mol. The van der Waals surface area contributed by atoms with Crippen LogP contribution in [0.15, 0.2) is 0 Å². The van der Waals surface area contributed by atoms with Gasteiger partial charge < -0.3 is 9.04 Å². The molecule has 0 aliphatic carbocycles. The number of hydrogen-bond donors (Lipinski definition) is 0. The maximum absolute atomic E-state index is 13.4. The fourth-order valence-electron chi connectivity index (χ4n) is 3.15. The summed E-state index contributed by atoms with van der Waals surface area (Å²) in [6, 6.07) is 0. The molecule has 6 atom stereocenters. The van der Waals surface area contributed by atoms with Crippen LogP contribution in [-0.2, 0) is 10.1 Å². The maximum atomic E-state index is 13.4. The van der Waals surface area contributed by atoms with E-state index in [1.807, 2.05) is 0 Å². The third-order valence-corrected chi connectivity index (χ3v) is 6.49. The second-order valence-electron chi connectivity index (χ2n) is 7.68. The van der Waals surface area contributed by atoms with E-state index in [2.05, 4.69) is 27.7 Å². The van der Waals surface area contributed by atoms with Gasteiger partial charge in [0, 0.05) is 0 Å². The summed E-state index contributed by atoms with van der Waals surface area (Å²) in [5.74, 6) is -1.94. The van der Waals surface area contributed by atoms with Crippen LogP contribution in [0.25, 0.3) is 0 Å². The summed E-state index contributed by atoms with van der Waals surface area (Å²) in [7, 11) is -5.23. The van der Waals surface area contributed by atoms with Crippen LogP contribution >= 0.6 is 0 Å². The van der Waals surface area contributed by atoms with E-state index in [0.717, 1.165) is 0 Å². The number of hydrogen-bond acceptors (Lipinski definition) is 3. The van der Waals surface area contributed by atoms with Gasteiger partial charge in [0.2, 0.25) is 0 Å². The van der Waals surface area contributed by atoms with Crippen LogP contribution in [0.2, 0.25) is 0 Å². The van der Waals surface area contributed by atoms with Gasteiger partial charge in [-0.25, -0.2) is 34.8 Å². The first kappa shape index (κ1) is 33.6. The van der Waals surface area contributed by atoms with E-state index in [1.54, 1.807) is 0 Å². The van der Waals surface area contributed by atoms with Crippen LogP contribution in [0, 0.1) is 0 Å². The van der Waals surface area contributed by atoms with E-state index >= 15 is 0 Å². The minimum atomic E-state index is -5.23. The molecule has 0 bridgehead atoms. The van der Waals surface area contributed by atoms with E-state index in [-0.39, 0.29) is 19.3 Å². The van der Waals surface area contributed by atoms with Crippen molar-refractivity contribution in [2.24, 2.45) is 0 Å². The number of rotatable bonds is 16. The molecular formula is C20H38F7NO3S. The lowest BCUT2D eigenvalue weighted by molar-refractivity contribution is -0.921. The van der Waals surface area contributed by atoms with Gasteiger partial charge >= 0.3 is 0 Å². The molecule has 0 fully saturated rings. The number of alkyl halides is 7. The van der Waals surface area contributed by atoms with E-state index in [0.29, 0.717) is 0 Å². The number of quaternary nitrogens is 1. The summed E-state index contributed by atoms with van der Waals surface area (Å²) in [5, 5.41) is 0. The minimum Gasteiger partial charge on any atom is -0.748 e. The molecule has 0 heterocycles. The Morgan fingerprint density at radius 3 is 1.41 bits per heavy atom. The molecule has 0 aromatic heterocycles. The van der Waals surface area contributed by atoms with Crippen LogP contribution in [0.1, 0.15) is 53.4 Å². The third kappa shape index (κ3) is 13.2. The van der Waals surface area contributed by atoms with Crippen molar-refractivity contribution in [3.05, 3.63) is 0 Å². The number of unbranched alkanes of at least 4 members (excludes halogenated alkanes) is 2. The van der Waals surface area contributed by atoms with Gasteiger partial charge in [-0.15, -0.1) is 0 Å². The van der Waals surface area contributed by atoms with Crippen molar-refractivity contribution in [3.63, 3.8) is 0 Å². The van der Waals surface area contributed by atoms with Gasteiger partial charge in [0.1, 0.15) is 12.3 Å². The highest BCUT2D eigenvalue weighted by molar-refractivity contribution is 7.85. The Morgan fingerprint density at radius 2 is 1.09 bits per heavy atom. The van der Waals surface area contributed by atoms with Crippen molar-refractivity contribution in [2.75, 3.05) is 38.6 Å². The SMILES string of the molecule is CC[N+](CC)(CC)CC.O=S(=O)([O-])CC(F)C(F)C(F)C(F)C(F)C(F)CCCCCF. The Balaban J connectivity index is 0. The largest absolute Gasteiger partial charge is 0.748 e. The Bertz CT molecular complexity index is 550. The molecule has 0 N–H and O–H groups in total. The molecule has 0 aliphatic heterocycles. The molecule has 12 heteroatoms. The lowest BCUT2D eigenvalue weighted by atomic mass is 9.99. The molecule has 196 valence electrons. The van der Waals surface area contributed by atoms with Gasteiger partial charge in [-0.3, -0.25) is 4.39 Å². The summed E-state index contributed by atoms with van der Waals surface area (Å²) >= 11 is 0. The van der Waals surface area contributed by atoms with E-state index in [9.17, 15) is 43.7 Å². The van der Waals surface area contributed by atoms with Gasteiger partial charge in [-0.2, -0.15) is 0 Å². The van der Waals surface area contributed by atoms with Crippen LogP contribution in [0.4, 0.5) is 30.7 Å². The zero-order valence-electron chi connectivity index (χ0n) is 19.3. The molecule has 0 aromatic rings. The Morgan fingerprint density at radius 1 is 0.688 bits per heavy atom. The molecule has 6 unspecified atom stereocenters. The molecule has 0 aromatic carbocycles. The topological polar surface area (TPSA) is 57.2 Å². The zero-order chi connectivity index (χ0) is 25.5. The summed E-state index contributed by atoms with van der Waals surface area (Å²) in [4.78, 5) is 0. The lowest BCUT2D eigenvalue weighted by Crippen LogP contribution is -2.47. The first-order valence-electron chi connectivity index (χ1n) is 10.9. The molecule has 0 rings (SSSR count). The quantitative estimate of drug-likeness (QED) is 0.129. The van der Waals surface area contributed by atoms with Gasteiger partial charge in [-0.05, 0) is 40.5 Å². The summed E-state index contributed by atoms with van der Waals surface area (Å²) in [5.41, 5.74) is 0. The molecule has 0 radical (unpaired) electrons. The summed E-state index contributed by atoms with van der Waals surface area (Å²) < 4.78 is 123. The van der Waals surface area contributed by atoms with Crippen molar-refractivity contribution in [1.29, 1.82) is 0 Å². The van der Waals surface area contributed by atoms with Crippen molar-refractivity contribution in [1.82, 2.24) is 0 Å². The predicted octanol–water partition coefficient (Wildman–Crippen LogP) is 4.97. The summed E-state index contributed by atoms with van der Waals surface area (Å²) in [6.07, 6.45) is -19.3. The predicted molar refractivity (Wildman–Crippen MR) is 111 cm³/mol. The van der Waals surface area contributed by atoms with Crippen molar-refractivity contribution in [3.8, 4) is 0 Å². The van der Waals surface area contributed by atoms with Gasteiger partial charge in [0.05, 0.1) is 48.7 Å². The molecule has 0 aliphatic rings. The van der Waals surface area contributed by atoms with E-state index < -0.39 is 66.0 Å². The standard InChI is InChI=1S/C12H19F7O3S.C8H20N/c13-5-3-1-2-4-7(14)9(16)11(18)12(19)10(17)8(15)6-23(20,21)22;1-5-9(6-2,7-3)8-4/h7-12H,1-6H2,(H,20,21,22);5-8H2,1-4H3/q;+1/p-1. The first-order valence-corrected chi connectivity index (χ1v) is 12.5. The number of halogens is 7. The molecule has 32 heavy (non-hydrogen) atoms. The van der Waals surface area contributed by atoms with Crippen molar-refractivity contribution >= 4 is 10.1 Å². The summed E-state index contributed by atoms with van der Waals surface area (Å²) in [6.45, 7) is 13.6. The molecule has 0 saturated heterocycles. The molecule has 0 spiro atoms. The second-order valence-corrected chi connectivity index (χ2v) is 9.13. The van der Waals surface area contributed by atoms with Crippen LogP contribution in [0.5, 0.6) is 0 Å². The van der Waals surface area contributed by atoms with Crippen molar-refractivity contribution in [2.45, 2.75) is 90.4 Å². The average molecular weight is 506 g/mol. The van der Waals surface area contributed by atoms with Gasteiger partial charge in [0.15, 0.2) is 24.7 Å². The normalized spacial score (nSPS) is 18.1. The zero-order valence-corrected chi connectivity index (χ0v) is 20.1. The average Bonchev–Trinajstić information content (AvgIpc) is 2.75. The highest BCUT2D eigenvalue weighted by atomic mass is 32.2. The molecule has 0 amide bonds. The van der Waals surface area contributed by atoms with Crippen LogP contribution < -0.4 is 0 Å².